The minimum Gasteiger partial charge on any atom is -0.384 e. The van der Waals surface area contributed by atoms with Crippen molar-refractivity contribution >= 4 is 5.82 Å². The van der Waals surface area contributed by atoms with Crippen LogP contribution >= 0.6 is 0 Å². The van der Waals surface area contributed by atoms with Crippen LogP contribution < -0.4 is 11.1 Å². The molecule has 0 aromatic carbocycles. The van der Waals surface area contributed by atoms with Crippen LogP contribution in [-0.2, 0) is 6.42 Å². The number of nitrogens with zero attached hydrogens (tertiary/aromatic N) is 1. The molecule has 0 radical (unpaired) electrons. The number of hydrogen-bond acceptors (Lipinski definition) is 3. The Kier molecular flexibility index (Phi) is 4.40. The number of rotatable bonds is 5. The van der Waals surface area contributed by atoms with Crippen LogP contribution in [-0.4, -0.2) is 18.1 Å². The second-order valence-corrected chi connectivity index (χ2v) is 3.94. The lowest BCUT2D eigenvalue weighted by atomic mass is 10.2. The number of nitrogens with one attached hydrogen (secondary N) is 1. The first-order chi connectivity index (χ1) is 6.68. The smallest absolute Gasteiger partial charge is 0.123 e. The molecule has 1 heterocycles. The van der Waals surface area contributed by atoms with Gasteiger partial charge in [0.05, 0.1) is 0 Å². The third-order valence-corrected chi connectivity index (χ3v) is 1.99. The largest absolute Gasteiger partial charge is 0.384 e. The number of hydrogen-bond donors (Lipinski definition) is 2. The Hall–Kier alpha value is -1.09. The Morgan fingerprint density at radius 3 is 2.93 bits per heavy atom. The molecule has 0 aliphatic carbocycles. The number of aromatic nitrogens is 1. The number of nitrogen functional groups attached to an aromatic ring is 1. The van der Waals surface area contributed by atoms with E-state index in [1.165, 1.54) is 5.56 Å². The molecule has 3 N–H and O–H groups in total. The fourth-order valence-corrected chi connectivity index (χ4v) is 1.27. The summed E-state index contributed by atoms with van der Waals surface area (Å²) >= 11 is 0. The standard InChI is InChI=1S/C11H19N3/c1-9(2)8-13-5-3-10-4-6-14-11(12)7-10/h4,6-7,9,13H,3,5,8H2,1-2H3,(H2,12,14). The maximum atomic E-state index is 5.58. The normalized spacial score (nSPS) is 10.8. The van der Waals surface area contributed by atoms with Crippen LogP contribution in [0.4, 0.5) is 5.82 Å². The highest BCUT2D eigenvalue weighted by Gasteiger charge is 1.95. The Labute approximate surface area is 85.7 Å². The van der Waals surface area contributed by atoms with Crippen LogP contribution in [0.25, 0.3) is 0 Å². The van der Waals surface area contributed by atoms with E-state index in [0.717, 1.165) is 19.5 Å². The topological polar surface area (TPSA) is 50.9 Å². The molecule has 1 aromatic heterocycles. The minimum absolute atomic E-state index is 0.603. The summed E-state index contributed by atoms with van der Waals surface area (Å²) in [6.45, 7) is 6.48. The van der Waals surface area contributed by atoms with Gasteiger partial charge in [0.2, 0.25) is 0 Å². The van der Waals surface area contributed by atoms with E-state index in [0.29, 0.717) is 11.7 Å². The van der Waals surface area contributed by atoms with Crippen molar-refractivity contribution in [2.24, 2.45) is 5.92 Å². The second kappa shape index (κ2) is 5.60. The van der Waals surface area contributed by atoms with Gasteiger partial charge in [0, 0.05) is 6.20 Å². The number of pyridine rings is 1. The van der Waals surface area contributed by atoms with Crippen molar-refractivity contribution in [2.45, 2.75) is 20.3 Å². The first-order valence-electron chi connectivity index (χ1n) is 5.09. The molecule has 0 bridgehead atoms. The van der Waals surface area contributed by atoms with Crippen LogP contribution in [0.3, 0.4) is 0 Å². The molecule has 0 aliphatic rings. The van der Waals surface area contributed by atoms with E-state index >= 15 is 0 Å². The van der Waals surface area contributed by atoms with E-state index in [9.17, 15) is 0 Å². The van der Waals surface area contributed by atoms with Gasteiger partial charge in [-0.3, -0.25) is 0 Å². The van der Waals surface area contributed by atoms with Gasteiger partial charge < -0.3 is 11.1 Å². The monoisotopic (exact) mass is 193 g/mol. The van der Waals surface area contributed by atoms with E-state index in [1.807, 2.05) is 12.1 Å². The van der Waals surface area contributed by atoms with Gasteiger partial charge in [-0.15, -0.1) is 0 Å². The van der Waals surface area contributed by atoms with Crippen molar-refractivity contribution in [2.75, 3.05) is 18.8 Å². The minimum atomic E-state index is 0.603. The van der Waals surface area contributed by atoms with E-state index in [1.54, 1.807) is 6.20 Å². The van der Waals surface area contributed by atoms with Gasteiger partial charge in [-0.25, -0.2) is 4.98 Å². The molecule has 0 aliphatic heterocycles. The van der Waals surface area contributed by atoms with Gasteiger partial charge in [-0.2, -0.15) is 0 Å². The van der Waals surface area contributed by atoms with E-state index in [2.05, 4.69) is 24.1 Å². The predicted octanol–water partition coefficient (Wildman–Crippen LogP) is 1.45. The molecule has 0 saturated heterocycles. The summed E-state index contributed by atoms with van der Waals surface area (Å²) in [6.07, 6.45) is 2.77. The molecule has 78 valence electrons. The average molecular weight is 193 g/mol. The summed E-state index contributed by atoms with van der Waals surface area (Å²) in [5, 5.41) is 3.39. The summed E-state index contributed by atoms with van der Waals surface area (Å²) in [5.41, 5.74) is 6.82. The predicted molar refractivity (Wildman–Crippen MR) is 60.1 cm³/mol. The lowest BCUT2D eigenvalue weighted by molar-refractivity contribution is 0.554. The fraction of sp³-hybridized carbons (Fsp3) is 0.545. The average Bonchev–Trinajstić information content (AvgIpc) is 2.12. The van der Waals surface area contributed by atoms with Crippen LogP contribution in [0, 0.1) is 5.92 Å². The number of anilines is 1. The van der Waals surface area contributed by atoms with Gasteiger partial charge in [0.15, 0.2) is 0 Å². The van der Waals surface area contributed by atoms with Gasteiger partial charge in [0.1, 0.15) is 5.82 Å². The molecule has 0 atom stereocenters. The van der Waals surface area contributed by atoms with E-state index in [-0.39, 0.29) is 0 Å². The summed E-state index contributed by atoms with van der Waals surface area (Å²) in [6, 6.07) is 3.93. The molecular weight excluding hydrogens is 174 g/mol. The van der Waals surface area contributed by atoms with Crippen molar-refractivity contribution < 1.29 is 0 Å². The molecule has 0 unspecified atom stereocenters. The number of nitrogens with two attached hydrogens (primary N) is 1. The van der Waals surface area contributed by atoms with Crippen molar-refractivity contribution in [3.63, 3.8) is 0 Å². The summed E-state index contributed by atoms with van der Waals surface area (Å²) in [5.74, 6) is 1.31. The maximum Gasteiger partial charge on any atom is 0.123 e. The highest BCUT2D eigenvalue weighted by molar-refractivity contribution is 5.31. The lowest BCUT2D eigenvalue weighted by Crippen LogP contribution is -2.22. The highest BCUT2D eigenvalue weighted by Crippen LogP contribution is 2.02. The first-order valence-corrected chi connectivity index (χ1v) is 5.09. The molecule has 14 heavy (non-hydrogen) atoms. The highest BCUT2D eigenvalue weighted by atomic mass is 14.9. The molecule has 0 fully saturated rings. The van der Waals surface area contributed by atoms with Gasteiger partial charge in [-0.1, -0.05) is 13.8 Å². The third-order valence-electron chi connectivity index (χ3n) is 1.99. The molecular formula is C11H19N3. The van der Waals surface area contributed by atoms with Crippen molar-refractivity contribution in [1.29, 1.82) is 0 Å². The Bertz CT molecular complexity index is 271. The zero-order valence-corrected chi connectivity index (χ0v) is 8.96. The van der Waals surface area contributed by atoms with Crippen LogP contribution in [0.15, 0.2) is 18.3 Å². The van der Waals surface area contributed by atoms with Gasteiger partial charge >= 0.3 is 0 Å². The zero-order valence-electron chi connectivity index (χ0n) is 8.96. The Morgan fingerprint density at radius 2 is 2.29 bits per heavy atom. The van der Waals surface area contributed by atoms with Gasteiger partial charge in [0.25, 0.3) is 0 Å². The SMILES string of the molecule is CC(C)CNCCc1ccnc(N)c1. The molecule has 0 saturated carbocycles. The third kappa shape index (κ3) is 4.23. The van der Waals surface area contributed by atoms with E-state index in [4.69, 9.17) is 5.73 Å². The summed E-state index contributed by atoms with van der Waals surface area (Å²) in [4.78, 5) is 3.95. The lowest BCUT2D eigenvalue weighted by Gasteiger charge is -2.07. The Morgan fingerprint density at radius 1 is 1.50 bits per heavy atom. The fourth-order valence-electron chi connectivity index (χ4n) is 1.27. The molecule has 1 aromatic rings. The molecule has 0 spiro atoms. The zero-order chi connectivity index (χ0) is 10.4. The molecule has 3 heteroatoms. The van der Waals surface area contributed by atoms with Gasteiger partial charge in [-0.05, 0) is 43.1 Å². The quantitative estimate of drug-likeness (QED) is 0.696. The molecule has 0 amide bonds. The summed E-state index contributed by atoms with van der Waals surface area (Å²) < 4.78 is 0. The maximum absolute atomic E-state index is 5.58. The summed E-state index contributed by atoms with van der Waals surface area (Å²) in [7, 11) is 0. The van der Waals surface area contributed by atoms with Crippen LogP contribution in [0.1, 0.15) is 19.4 Å². The van der Waals surface area contributed by atoms with E-state index < -0.39 is 0 Å². The van der Waals surface area contributed by atoms with Crippen molar-refractivity contribution in [1.82, 2.24) is 10.3 Å². The van der Waals surface area contributed by atoms with Crippen LogP contribution in [0.2, 0.25) is 0 Å². The van der Waals surface area contributed by atoms with Crippen molar-refractivity contribution in [3.8, 4) is 0 Å². The van der Waals surface area contributed by atoms with Crippen LogP contribution in [0.5, 0.6) is 0 Å². The second-order valence-electron chi connectivity index (χ2n) is 3.94. The Balaban J connectivity index is 2.25. The molecule has 1 rings (SSSR count). The first kappa shape index (κ1) is 11.0. The molecule has 3 nitrogen and oxygen atoms in total. The van der Waals surface area contributed by atoms with Crippen molar-refractivity contribution in [3.05, 3.63) is 23.9 Å².